The topological polar surface area (TPSA) is 80.3 Å². The normalized spacial score (nSPS) is 10.3. The molecule has 6 nitrogen and oxygen atoms in total. The molecule has 0 atom stereocenters. The predicted molar refractivity (Wildman–Crippen MR) is 108 cm³/mol. The van der Waals surface area contributed by atoms with Crippen molar-refractivity contribution >= 4 is 23.4 Å². The highest BCUT2D eigenvalue weighted by Crippen LogP contribution is 2.17. The lowest BCUT2D eigenvalue weighted by atomic mass is 10.1. The fourth-order valence-corrected chi connectivity index (χ4v) is 2.67. The molecule has 0 spiro atoms. The molecule has 7 heteroatoms. The number of nitrogens with zero attached hydrogens (tertiary/aromatic N) is 1. The maximum absolute atomic E-state index is 12.9. The molecule has 3 aromatic rings. The first-order valence-electron chi connectivity index (χ1n) is 8.99. The van der Waals surface area contributed by atoms with Gasteiger partial charge in [0.2, 0.25) is 0 Å². The van der Waals surface area contributed by atoms with Gasteiger partial charge in [0.05, 0.1) is 12.7 Å². The van der Waals surface area contributed by atoms with Gasteiger partial charge in [-0.3, -0.25) is 4.79 Å². The van der Waals surface area contributed by atoms with Crippen LogP contribution in [-0.4, -0.2) is 30.5 Å². The van der Waals surface area contributed by atoms with Crippen LogP contribution in [0.3, 0.4) is 0 Å². The number of aromatic nitrogens is 1. The number of anilines is 2. The largest absolute Gasteiger partial charge is 0.465 e. The van der Waals surface area contributed by atoms with Crippen LogP contribution in [0.1, 0.15) is 26.3 Å². The average Bonchev–Trinajstić information content (AvgIpc) is 2.75. The summed E-state index contributed by atoms with van der Waals surface area (Å²) < 4.78 is 17.6. The Labute approximate surface area is 167 Å². The molecule has 2 aromatic carbocycles. The molecule has 0 aliphatic heterocycles. The van der Waals surface area contributed by atoms with Crippen molar-refractivity contribution in [2.24, 2.45) is 0 Å². The molecule has 0 saturated carbocycles. The van der Waals surface area contributed by atoms with E-state index in [4.69, 9.17) is 0 Å². The number of nitrogens with one attached hydrogen (secondary N) is 2. The molecule has 1 heterocycles. The number of rotatable bonds is 7. The predicted octanol–water partition coefficient (Wildman–Crippen LogP) is 3.72. The number of carbonyl (C=O) groups excluding carboxylic acids is 2. The molecule has 0 fully saturated rings. The maximum atomic E-state index is 12.9. The van der Waals surface area contributed by atoms with E-state index in [9.17, 15) is 14.0 Å². The summed E-state index contributed by atoms with van der Waals surface area (Å²) >= 11 is 0. The lowest BCUT2D eigenvalue weighted by Crippen LogP contribution is -2.25. The zero-order valence-electron chi connectivity index (χ0n) is 15.8. The van der Waals surface area contributed by atoms with E-state index in [-0.39, 0.29) is 11.7 Å². The third-order valence-electron chi connectivity index (χ3n) is 4.21. The first-order valence-corrected chi connectivity index (χ1v) is 8.99. The lowest BCUT2D eigenvalue weighted by molar-refractivity contribution is 0.0600. The Morgan fingerprint density at radius 1 is 1.00 bits per heavy atom. The Bertz CT molecular complexity index is 989. The van der Waals surface area contributed by atoms with Crippen LogP contribution in [-0.2, 0) is 11.2 Å². The van der Waals surface area contributed by atoms with Gasteiger partial charge in [-0.2, -0.15) is 0 Å². The van der Waals surface area contributed by atoms with E-state index in [0.29, 0.717) is 29.9 Å². The third-order valence-corrected chi connectivity index (χ3v) is 4.21. The van der Waals surface area contributed by atoms with Crippen molar-refractivity contribution in [3.8, 4) is 0 Å². The molecule has 1 amide bonds. The number of benzene rings is 2. The van der Waals surface area contributed by atoms with Crippen LogP contribution in [0.2, 0.25) is 0 Å². The molecule has 2 N–H and O–H groups in total. The summed E-state index contributed by atoms with van der Waals surface area (Å²) in [7, 11) is 1.33. The van der Waals surface area contributed by atoms with Crippen LogP contribution in [0.4, 0.5) is 15.9 Å². The minimum atomic E-state index is -0.408. The molecule has 0 aliphatic rings. The van der Waals surface area contributed by atoms with Crippen LogP contribution in [0.5, 0.6) is 0 Å². The summed E-state index contributed by atoms with van der Waals surface area (Å²) in [5, 5.41) is 5.93. The molecule has 0 saturated heterocycles. The second kappa shape index (κ2) is 9.45. The van der Waals surface area contributed by atoms with Gasteiger partial charge in [0, 0.05) is 24.0 Å². The smallest absolute Gasteiger partial charge is 0.337 e. The molecular formula is C22H20FN3O3. The first kappa shape index (κ1) is 20.0. The number of amides is 1. The summed E-state index contributed by atoms with van der Waals surface area (Å²) in [6, 6.07) is 16.2. The molecule has 0 bridgehead atoms. The van der Waals surface area contributed by atoms with Crippen molar-refractivity contribution in [3.05, 3.63) is 89.4 Å². The fourth-order valence-electron chi connectivity index (χ4n) is 2.67. The number of carbonyl (C=O) groups is 2. The molecule has 3 rings (SSSR count). The number of hydrogen-bond donors (Lipinski definition) is 2. The van der Waals surface area contributed by atoms with Gasteiger partial charge in [0.15, 0.2) is 0 Å². The van der Waals surface area contributed by atoms with E-state index in [1.807, 2.05) is 0 Å². The Morgan fingerprint density at radius 2 is 1.72 bits per heavy atom. The Hall–Kier alpha value is -3.74. The quantitative estimate of drug-likeness (QED) is 0.598. The molecular weight excluding hydrogens is 373 g/mol. The fraction of sp³-hybridized carbons (Fsp3) is 0.136. The zero-order chi connectivity index (χ0) is 20.6. The standard InChI is InChI=1S/C22H20FN3O3/c1-29-22(28)16-4-8-19(9-5-16)26-20-14-17(11-13-24-20)21(27)25-12-10-15-2-6-18(23)7-3-15/h2-9,11,13-14H,10,12H2,1H3,(H,24,26)(H,25,27). The highest BCUT2D eigenvalue weighted by Gasteiger charge is 2.08. The Kier molecular flexibility index (Phi) is 6.52. The highest BCUT2D eigenvalue weighted by atomic mass is 19.1. The van der Waals surface area contributed by atoms with Gasteiger partial charge >= 0.3 is 5.97 Å². The van der Waals surface area contributed by atoms with E-state index >= 15 is 0 Å². The van der Waals surface area contributed by atoms with Crippen LogP contribution in [0.25, 0.3) is 0 Å². The number of methoxy groups -OCH3 is 1. The summed E-state index contributed by atoms with van der Waals surface area (Å²) in [6.45, 7) is 0.435. The van der Waals surface area contributed by atoms with Crippen LogP contribution in [0.15, 0.2) is 66.9 Å². The van der Waals surface area contributed by atoms with Crippen molar-refractivity contribution in [1.82, 2.24) is 10.3 Å². The van der Waals surface area contributed by atoms with Crippen molar-refractivity contribution in [2.75, 3.05) is 19.0 Å². The van der Waals surface area contributed by atoms with E-state index in [1.54, 1.807) is 54.7 Å². The highest BCUT2D eigenvalue weighted by molar-refractivity contribution is 5.95. The average molecular weight is 393 g/mol. The van der Waals surface area contributed by atoms with Gasteiger partial charge in [-0.05, 0) is 60.5 Å². The van der Waals surface area contributed by atoms with Crippen LogP contribution < -0.4 is 10.6 Å². The number of ether oxygens (including phenoxy) is 1. The van der Waals surface area contributed by atoms with Gasteiger partial charge in [0.25, 0.3) is 5.91 Å². The molecule has 148 valence electrons. The zero-order valence-corrected chi connectivity index (χ0v) is 15.8. The third kappa shape index (κ3) is 5.62. The second-order valence-corrected chi connectivity index (χ2v) is 6.26. The van der Waals surface area contributed by atoms with Gasteiger partial charge < -0.3 is 15.4 Å². The minimum Gasteiger partial charge on any atom is -0.465 e. The molecule has 0 aliphatic carbocycles. The molecule has 0 radical (unpaired) electrons. The molecule has 29 heavy (non-hydrogen) atoms. The van der Waals surface area contributed by atoms with Gasteiger partial charge in [-0.25, -0.2) is 14.2 Å². The molecule has 0 unspecified atom stereocenters. The maximum Gasteiger partial charge on any atom is 0.337 e. The monoisotopic (exact) mass is 393 g/mol. The number of hydrogen-bond acceptors (Lipinski definition) is 5. The summed E-state index contributed by atoms with van der Waals surface area (Å²) in [4.78, 5) is 28.1. The summed E-state index contributed by atoms with van der Waals surface area (Å²) in [5.74, 6) is -0.413. The van der Waals surface area contributed by atoms with E-state index in [2.05, 4.69) is 20.4 Å². The van der Waals surface area contributed by atoms with Crippen LogP contribution >= 0.6 is 0 Å². The van der Waals surface area contributed by atoms with Gasteiger partial charge in [0.1, 0.15) is 11.6 Å². The van der Waals surface area contributed by atoms with Crippen molar-refractivity contribution in [2.45, 2.75) is 6.42 Å². The first-order chi connectivity index (χ1) is 14.0. The van der Waals surface area contributed by atoms with Crippen molar-refractivity contribution < 1.29 is 18.7 Å². The van der Waals surface area contributed by atoms with E-state index in [0.717, 1.165) is 11.3 Å². The lowest BCUT2D eigenvalue weighted by Gasteiger charge is -2.09. The van der Waals surface area contributed by atoms with E-state index < -0.39 is 5.97 Å². The number of halogens is 1. The number of esters is 1. The SMILES string of the molecule is COC(=O)c1ccc(Nc2cc(C(=O)NCCc3ccc(F)cc3)ccn2)cc1. The van der Waals surface area contributed by atoms with Crippen molar-refractivity contribution in [3.63, 3.8) is 0 Å². The minimum absolute atomic E-state index is 0.224. The summed E-state index contributed by atoms with van der Waals surface area (Å²) in [6.07, 6.45) is 2.15. The van der Waals surface area contributed by atoms with E-state index in [1.165, 1.54) is 19.2 Å². The Balaban J connectivity index is 1.57. The van der Waals surface area contributed by atoms with Crippen LogP contribution in [0, 0.1) is 5.82 Å². The summed E-state index contributed by atoms with van der Waals surface area (Å²) in [5.41, 5.74) is 2.58. The Morgan fingerprint density at radius 3 is 2.41 bits per heavy atom. The second-order valence-electron chi connectivity index (χ2n) is 6.26. The van der Waals surface area contributed by atoms with Gasteiger partial charge in [-0.15, -0.1) is 0 Å². The van der Waals surface area contributed by atoms with Gasteiger partial charge in [-0.1, -0.05) is 12.1 Å². The molecule has 1 aromatic heterocycles. The number of pyridine rings is 1. The van der Waals surface area contributed by atoms with Crippen molar-refractivity contribution in [1.29, 1.82) is 0 Å².